The van der Waals surface area contributed by atoms with Crippen molar-refractivity contribution in [1.82, 2.24) is 4.90 Å². The van der Waals surface area contributed by atoms with Crippen LogP contribution in [0.4, 0.5) is 0 Å². The molecule has 0 aliphatic heterocycles. The number of hydrogen-bond acceptors (Lipinski definition) is 3. The molecule has 0 N–H and O–H groups in total. The molecule has 228 valence electrons. The number of hydrogen-bond donors (Lipinski definition) is 0. The average molecular weight is 538 g/mol. The van der Waals surface area contributed by atoms with E-state index in [1.54, 1.807) is 0 Å². The van der Waals surface area contributed by atoms with Crippen molar-refractivity contribution in [3.8, 4) is 0 Å². The minimum Gasteiger partial charge on any atom is -0.462 e. The molecule has 3 nitrogen and oxygen atoms in total. The van der Waals surface area contributed by atoms with Gasteiger partial charge in [-0.1, -0.05) is 143 Å². The number of nitrogens with zero attached hydrogens (tertiary/aromatic N) is 1. The van der Waals surface area contributed by atoms with Crippen LogP contribution < -0.4 is 0 Å². The van der Waals surface area contributed by atoms with E-state index in [9.17, 15) is 4.79 Å². The molecular weight excluding hydrogens is 466 g/mol. The van der Waals surface area contributed by atoms with Crippen LogP contribution in [0.3, 0.4) is 0 Å². The maximum absolute atomic E-state index is 12.6. The maximum Gasteiger partial charge on any atom is 0.306 e. The molecular formula is C35H71NO2. The number of rotatable bonds is 30. The van der Waals surface area contributed by atoms with Crippen molar-refractivity contribution in [2.24, 2.45) is 5.92 Å². The quantitative estimate of drug-likeness (QED) is 0.0674. The molecule has 3 heteroatoms. The first-order valence-corrected chi connectivity index (χ1v) is 17.4. The maximum atomic E-state index is 12.6. The summed E-state index contributed by atoms with van der Waals surface area (Å²) in [6.07, 6.45) is 33.0. The average Bonchev–Trinajstić information content (AvgIpc) is 2.90. The molecule has 0 fully saturated rings. The van der Waals surface area contributed by atoms with Crippen molar-refractivity contribution in [1.29, 1.82) is 0 Å². The fraction of sp³-hybridized carbons (Fsp3) is 0.971. The van der Waals surface area contributed by atoms with E-state index in [2.05, 4.69) is 39.8 Å². The van der Waals surface area contributed by atoms with Crippen LogP contribution in [0.25, 0.3) is 0 Å². The molecule has 38 heavy (non-hydrogen) atoms. The van der Waals surface area contributed by atoms with Gasteiger partial charge in [0.05, 0.1) is 0 Å². The number of ether oxygens (including phenoxy) is 1. The molecule has 1 atom stereocenters. The van der Waals surface area contributed by atoms with Gasteiger partial charge in [0.15, 0.2) is 0 Å². The highest BCUT2D eigenvalue weighted by Crippen LogP contribution is 2.22. The lowest BCUT2D eigenvalue weighted by molar-refractivity contribution is -0.150. The summed E-state index contributed by atoms with van der Waals surface area (Å²) in [6.45, 7) is 8.05. The Balaban J connectivity index is 4.20. The molecule has 0 saturated carbocycles. The van der Waals surface area contributed by atoms with E-state index in [0.717, 1.165) is 25.2 Å². The first-order chi connectivity index (χ1) is 18.5. The normalized spacial score (nSPS) is 12.5. The van der Waals surface area contributed by atoms with Crippen LogP contribution in [-0.4, -0.2) is 37.6 Å². The Morgan fingerprint density at radius 1 is 0.526 bits per heavy atom. The highest BCUT2D eigenvalue weighted by molar-refractivity contribution is 5.69. The third-order valence-corrected chi connectivity index (χ3v) is 8.25. The predicted molar refractivity (Wildman–Crippen MR) is 169 cm³/mol. The smallest absolute Gasteiger partial charge is 0.306 e. The Hall–Kier alpha value is -0.570. The molecule has 0 spiro atoms. The second-order valence-corrected chi connectivity index (χ2v) is 12.5. The van der Waals surface area contributed by atoms with Crippen LogP contribution in [0.1, 0.15) is 188 Å². The van der Waals surface area contributed by atoms with Gasteiger partial charge in [-0.15, -0.1) is 0 Å². The van der Waals surface area contributed by atoms with Crippen LogP contribution in [0.15, 0.2) is 0 Å². The topological polar surface area (TPSA) is 29.5 Å². The van der Waals surface area contributed by atoms with E-state index in [4.69, 9.17) is 4.74 Å². The second kappa shape index (κ2) is 29.4. The fourth-order valence-electron chi connectivity index (χ4n) is 5.60. The molecule has 0 radical (unpaired) electrons. The molecule has 0 aromatic rings. The molecule has 1 unspecified atom stereocenters. The predicted octanol–water partition coefficient (Wildman–Crippen LogP) is 11.3. The standard InChI is InChI=1S/C35H71NO2/c1-6-9-12-15-17-23-28-34(29-24-18-16-13-10-7-2)38-35(37)30-25-20-19-22-27-33(31-32-36(4)5)26-21-14-11-8-3/h33-34H,6-32H2,1-5H3. The molecule has 0 heterocycles. The van der Waals surface area contributed by atoms with Crippen molar-refractivity contribution < 1.29 is 9.53 Å². The highest BCUT2D eigenvalue weighted by Gasteiger charge is 2.14. The van der Waals surface area contributed by atoms with Crippen molar-refractivity contribution in [2.45, 2.75) is 194 Å². The Bertz CT molecular complexity index is 463. The van der Waals surface area contributed by atoms with E-state index in [0.29, 0.717) is 6.42 Å². The van der Waals surface area contributed by atoms with E-state index in [1.165, 1.54) is 148 Å². The second-order valence-electron chi connectivity index (χ2n) is 12.5. The van der Waals surface area contributed by atoms with Crippen molar-refractivity contribution in [3.63, 3.8) is 0 Å². The number of esters is 1. The van der Waals surface area contributed by atoms with Crippen LogP contribution in [0.5, 0.6) is 0 Å². The SMILES string of the molecule is CCCCCCCCC(CCCCCCCC)OC(=O)CCCCCCC(CCCCCC)CCN(C)C. The molecule has 0 rings (SSSR count). The van der Waals surface area contributed by atoms with Gasteiger partial charge >= 0.3 is 5.97 Å². The van der Waals surface area contributed by atoms with Gasteiger partial charge in [-0.2, -0.15) is 0 Å². The molecule has 0 aromatic heterocycles. The number of carbonyl (C=O) groups excluding carboxylic acids is 1. The first-order valence-electron chi connectivity index (χ1n) is 17.4. The lowest BCUT2D eigenvalue weighted by atomic mass is 9.91. The minimum atomic E-state index is 0.0618. The van der Waals surface area contributed by atoms with Crippen LogP contribution >= 0.6 is 0 Å². The minimum absolute atomic E-state index is 0.0618. The summed E-state index contributed by atoms with van der Waals surface area (Å²) < 4.78 is 6.03. The van der Waals surface area contributed by atoms with Crippen LogP contribution in [0, 0.1) is 5.92 Å². The van der Waals surface area contributed by atoms with Gasteiger partial charge in [0, 0.05) is 6.42 Å². The Kier molecular flexibility index (Phi) is 29.0. The van der Waals surface area contributed by atoms with E-state index < -0.39 is 0 Å². The summed E-state index contributed by atoms with van der Waals surface area (Å²) in [7, 11) is 4.39. The van der Waals surface area contributed by atoms with Gasteiger partial charge in [-0.3, -0.25) is 4.79 Å². The Morgan fingerprint density at radius 2 is 0.921 bits per heavy atom. The van der Waals surface area contributed by atoms with Crippen molar-refractivity contribution >= 4 is 5.97 Å². The summed E-state index contributed by atoms with van der Waals surface area (Å²) in [5.41, 5.74) is 0. The lowest BCUT2D eigenvalue weighted by Crippen LogP contribution is -2.18. The van der Waals surface area contributed by atoms with Gasteiger partial charge in [-0.05, 0) is 65.1 Å². The van der Waals surface area contributed by atoms with E-state index in [1.807, 2.05) is 0 Å². The summed E-state index contributed by atoms with van der Waals surface area (Å²) in [5.74, 6) is 0.940. The molecule has 0 aliphatic carbocycles. The monoisotopic (exact) mass is 538 g/mol. The zero-order chi connectivity index (χ0) is 28.1. The number of unbranched alkanes of at least 4 members (excludes halogenated alkanes) is 16. The summed E-state index contributed by atoms with van der Waals surface area (Å²) in [6, 6.07) is 0. The zero-order valence-electron chi connectivity index (χ0n) is 27.0. The molecule has 0 aliphatic rings. The largest absolute Gasteiger partial charge is 0.462 e. The van der Waals surface area contributed by atoms with Crippen LogP contribution in [-0.2, 0) is 9.53 Å². The molecule has 0 aromatic carbocycles. The zero-order valence-corrected chi connectivity index (χ0v) is 27.0. The van der Waals surface area contributed by atoms with E-state index in [-0.39, 0.29) is 12.1 Å². The first kappa shape index (κ1) is 37.4. The van der Waals surface area contributed by atoms with Gasteiger partial charge in [0.25, 0.3) is 0 Å². The molecule has 0 bridgehead atoms. The van der Waals surface area contributed by atoms with Gasteiger partial charge < -0.3 is 9.64 Å². The Morgan fingerprint density at radius 3 is 1.39 bits per heavy atom. The van der Waals surface area contributed by atoms with Crippen molar-refractivity contribution in [2.75, 3.05) is 20.6 Å². The summed E-state index contributed by atoms with van der Waals surface area (Å²) in [4.78, 5) is 15.0. The molecule has 0 amide bonds. The highest BCUT2D eigenvalue weighted by atomic mass is 16.5. The third kappa shape index (κ3) is 27.0. The van der Waals surface area contributed by atoms with Crippen molar-refractivity contribution in [3.05, 3.63) is 0 Å². The number of carbonyl (C=O) groups is 1. The fourth-order valence-corrected chi connectivity index (χ4v) is 5.60. The van der Waals surface area contributed by atoms with E-state index >= 15 is 0 Å². The summed E-state index contributed by atoms with van der Waals surface area (Å²) >= 11 is 0. The summed E-state index contributed by atoms with van der Waals surface area (Å²) in [5, 5.41) is 0. The van der Waals surface area contributed by atoms with Gasteiger partial charge in [0.2, 0.25) is 0 Å². The molecule has 0 saturated heterocycles. The third-order valence-electron chi connectivity index (χ3n) is 8.25. The van der Waals surface area contributed by atoms with Gasteiger partial charge in [0.1, 0.15) is 6.10 Å². The van der Waals surface area contributed by atoms with Gasteiger partial charge in [-0.25, -0.2) is 0 Å². The lowest BCUT2D eigenvalue weighted by Gasteiger charge is -2.19. The van der Waals surface area contributed by atoms with Crippen LogP contribution in [0.2, 0.25) is 0 Å². The Labute approximate surface area is 240 Å².